The molecule has 0 spiro atoms. The van der Waals surface area contributed by atoms with Gasteiger partial charge in [-0.25, -0.2) is 0 Å². The molecule has 3 N–H and O–H groups in total. The fraction of sp³-hybridized carbons (Fsp3) is 0.200. The van der Waals surface area contributed by atoms with Crippen molar-refractivity contribution in [3.63, 3.8) is 0 Å². The maximum Gasteiger partial charge on any atom is 0.162 e. The van der Waals surface area contributed by atoms with Crippen LogP contribution in [0.3, 0.4) is 0 Å². The Hall–Kier alpha value is -2.27. The highest BCUT2D eigenvalue weighted by molar-refractivity contribution is 6.31. The van der Waals surface area contributed by atoms with E-state index in [9.17, 15) is 0 Å². The molecule has 6 heteroatoms. The van der Waals surface area contributed by atoms with Crippen molar-refractivity contribution in [2.24, 2.45) is 0 Å². The van der Waals surface area contributed by atoms with Crippen molar-refractivity contribution in [1.82, 2.24) is 0 Å². The standard InChI is InChI=1S/C15H17ClN2O3/c1-19-13-5-4-9(16)6-12(13)18-11-8-15(21-3)14(20-2)7-10(11)17/h4-8,18H,17H2,1-3H3. The van der Waals surface area contributed by atoms with Crippen LogP contribution in [0.1, 0.15) is 0 Å². The molecule has 0 aromatic heterocycles. The molecule has 112 valence electrons. The Morgan fingerprint density at radius 3 is 2.10 bits per heavy atom. The summed E-state index contributed by atoms with van der Waals surface area (Å²) in [5.74, 6) is 1.81. The van der Waals surface area contributed by atoms with Gasteiger partial charge in [-0.2, -0.15) is 0 Å². The summed E-state index contributed by atoms with van der Waals surface area (Å²) in [5.41, 5.74) is 7.94. The topological polar surface area (TPSA) is 65.7 Å². The molecule has 21 heavy (non-hydrogen) atoms. The second-order valence-electron chi connectivity index (χ2n) is 4.26. The van der Waals surface area contributed by atoms with Gasteiger partial charge in [-0.15, -0.1) is 0 Å². The first-order chi connectivity index (χ1) is 10.1. The second kappa shape index (κ2) is 6.45. The lowest BCUT2D eigenvalue weighted by atomic mass is 10.2. The molecular weight excluding hydrogens is 292 g/mol. The number of hydrogen-bond donors (Lipinski definition) is 2. The van der Waals surface area contributed by atoms with Crippen LogP contribution < -0.4 is 25.3 Å². The average Bonchev–Trinajstić information content (AvgIpc) is 2.49. The lowest BCUT2D eigenvalue weighted by molar-refractivity contribution is 0.355. The molecule has 0 unspecified atom stereocenters. The third kappa shape index (κ3) is 3.25. The summed E-state index contributed by atoms with van der Waals surface area (Å²) in [6.07, 6.45) is 0. The quantitative estimate of drug-likeness (QED) is 0.825. The Balaban J connectivity index is 2.42. The van der Waals surface area contributed by atoms with Gasteiger partial charge < -0.3 is 25.3 Å². The van der Waals surface area contributed by atoms with Crippen LogP contribution in [-0.4, -0.2) is 21.3 Å². The Morgan fingerprint density at radius 1 is 0.857 bits per heavy atom. The number of rotatable bonds is 5. The molecule has 0 amide bonds. The summed E-state index contributed by atoms with van der Waals surface area (Å²) in [6.45, 7) is 0. The number of nitrogens with one attached hydrogen (secondary N) is 1. The third-order valence-electron chi connectivity index (χ3n) is 2.99. The van der Waals surface area contributed by atoms with E-state index in [4.69, 9.17) is 31.5 Å². The monoisotopic (exact) mass is 308 g/mol. The van der Waals surface area contributed by atoms with Crippen molar-refractivity contribution in [1.29, 1.82) is 0 Å². The first kappa shape index (κ1) is 15.1. The zero-order chi connectivity index (χ0) is 15.4. The molecule has 0 aliphatic heterocycles. The van der Waals surface area contributed by atoms with Crippen LogP contribution in [0, 0.1) is 0 Å². The number of anilines is 3. The molecule has 5 nitrogen and oxygen atoms in total. The number of hydrogen-bond acceptors (Lipinski definition) is 5. The number of methoxy groups -OCH3 is 3. The van der Waals surface area contributed by atoms with Crippen LogP contribution in [-0.2, 0) is 0 Å². The van der Waals surface area contributed by atoms with E-state index in [1.165, 1.54) is 0 Å². The van der Waals surface area contributed by atoms with E-state index in [1.54, 1.807) is 51.7 Å². The zero-order valence-electron chi connectivity index (χ0n) is 12.1. The molecule has 0 saturated heterocycles. The molecule has 0 heterocycles. The SMILES string of the molecule is COc1ccc(Cl)cc1Nc1cc(OC)c(OC)cc1N. The summed E-state index contributed by atoms with van der Waals surface area (Å²) in [7, 11) is 4.72. The molecule has 2 rings (SSSR count). The molecule has 0 saturated carbocycles. The van der Waals surface area contributed by atoms with Crippen LogP contribution in [0.25, 0.3) is 0 Å². The maximum absolute atomic E-state index is 6.03. The first-order valence-corrected chi connectivity index (χ1v) is 6.59. The van der Waals surface area contributed by atoms with E-state index in [0.717, 1.165) is 0 Å². The van der Waals surface area contributed by atoms with Gasteiger partial charge in [0.05, 0.1) is 38.4 Å². The predicted molar refractivity (Wildman–Crippen MR) is 85.2 cm³/mol. The van der Waals surface area contributed by atoms with Crippen LogP contribution in [0.15, 0.2) is 30.3 Å². The van der Waals surface area contributed by atoms with Gasteiger partial charge >= 0.3 is 0 Å². The molecule has 0 radical (unpaired) electrons. The number of nitrogens with two attached hydrogens (primary N) is 1. The van der Waals surface area contributed by atoms with E-state index in [-0.39, 0.29) is 0 Å². The van der Waals surface area contributed by atoms with E-state index >= 15 is 0 Å². The van der Waals surface area contributed by atoms with Gasteiger partial charge in [0.1, 0.15) is 5.75 Å². The van der Waals surface area contributed by atoms with Gasteiger partial charge in [-0.1, -0.05) is 11.6 Å². The highest BCUT2D eigenvalue weighted by Gasteiger charge is 2.11. The highest BCUT2D eigenvalue weighted by Crippen LogP contribution is 2.38. The molecular formula is C15H17ClN2O3. The molecule has 2 aromatic carbocycles. The smallest absolute Gasteiger partial charge is 0.162 e. The van der Waals surface area contributed by atoms with Gasteiger partial charge in [0, 0.05) is 17.2 Å². The van der Waals surface area contributed by atoms with Crippen molar-refractivity contribution in [3.8, 4) is 17.2 Å². The Labute approximate surface area is 128 Å². The van der Waals surface area contributed by atoms with E-state index < -0.39 is 0 Å². The Bertz CT molecular complexity index is 647. The summed E-state index contributed by atoms with van der Waals surface area (Å²) >= 11 is 6.01. The van der Waals surface area contributed by atoms with Gasteiger partial charge in [0.2, 0.25) is 0 Å². The first-order valence-electron chi connectivity index (χ1n) is 6.21. The lowest BCUT2D eigenvalue weighted by Crippen LogP contribution is -2.00. The number of nitrogen functional groups attached to an aromatic ring is 1. The summed E-state index contributed by atoms with van der Waals surface area (Å²) < 4.78 is 15.8. The molecule has 0 fully saturated rings. The van der Waals surface area contributed by atoms with Gasteiger partial charge in [0.25, 0.3) is 0 Å². The second-order valence-corrected chi connectivity index (χ2v) is 4.70. The summed E-state index contributed by atoms with van der Waals surface area (Å²) in [6, 6.07) is 8.74. The fourth-order valence-corrected chi connectivity index (χ4v) is 2.10. The van der Waals surface area contributed by atoms with Gasteiger partial charge in [-0.05, 0) is 18.2 Å². The molecule has 0 bridgehead atoms. The average molecular weight is 309 g/mol. The predicted octanol–water partition coefficient (Wildman–Crippen LogP) is 3.69. The number of ether oxygens (including phenoxy) is 3. The van der Waals surface area contributed by atoms with Crippen LogP contribution >= 0.6 is 11.6 Å². The Morgan fingerprint density at radius 2 is 1.48 bits per heavy atom. The molecule has 0 atom stereocenters. The van der Waals surface area contributed by atoms with Crippen LogP contribution in [0.5, 0.6) is 17.2 Å². The van der Waals surface area contributed by atoms with Crippen LogP contribution in [0.4, 0.5) is 17.1 Å². The minimum absolute atomic E-state index is 0.523. The van der Waals surface area contributed by atoms with Crippen molar-refractivity contribution >= 4 is 28.7 Å². The Kier molecular flexibility index (Phi) is 4.65. The third-order valence-corrected chi connectivity index (χ3v) is 3.22. The molecule has 2 aromatic rings. The van der Waals surface area contributed by atoms with Crippen molar-refractivity contribution in [2.45, 2.75) is 0 Å². The van der Waals surface area contributed by atoms with Gasteiger partial charge in [-0.3, -0.25) is 0 Å². The van der Waals surface area contributed by atoms with Crippen LogP contribution in [0.2, 0.25) is 5.02 Å². The summed E-state index contributed by atoms with van der Waals surface area (Å²) in [5, 5.41) is 3.78. The fourth-order valence-electron chi connectivity index (χ4n) is 1.93. The maximum atomic E-state index is 6.03. The van der Waals surface area contributed by atoms with E-state index in [1.807, 2.05) is 0 Å². The minimum atomic E-state index is 0.523. The zero-order valence-corrected chi connectivity index (χ0v) is 12.8. The molecule has 0 aliphatic rings. The minimum Gasteiger partial charge on any atom is -0.495 e. The largest absolute Gasteiger partial charge is 0.495 e. The highest BCUT2D eigenvalue weighted by atomic mass is 35.5. The normalized spacial score (nSPS) is 10.1. The van der Waals surface area contributed by atoms with Crippen molar-refractivity contribution in [2.75, 3.05) is 32.4 Å². The lowest BCUT2D eigenvalue weighted by Gasteiger charge is -2.16. The van der Waals surface area contributed by atoms with E-state index in [2.05, 4.69) is 5.32 Å². The number of benzene rings is 2. The van der Waals surface area contributed by atoms with Crippen molar-refractivity contribution < 1.29 is 14.2 Å². The van der Waals surface area contributed by atoms with E-state index in [0.29, 0.717) is 39.3 Å². The number of halogens is 1. The van der Waals surface area contributed by atoms with Crippen molar-refractivity contribution in [3.05, 3.63) is 35.4 Å². The van der Waals surface area contributed by atoms with Gasteiger partial charge in [0.15, 0.2) is 11.5 Å². The summed E-state index contributed by atoms with van der Waals surface area (Å²) in [4.78, 5) is 0. The molecule has 0 aliphatic carbocycles.